The van der Waals surface area contributed by atoms with Crippen molar-refractivity contribution in [2.45, 2.75) is 6.54 Å². The lowest BCUT2D eigenvalue weighted by Crippen LogP contribution is -2.43. The minimum atomic E-state index is 0.432. The summed E-state index contributed by atoms with van der Waals surface area (Å²) < 4.78 is 6.38. The van der Waals surface area contributed by atoms with Gasteiger partial charge in [0.15, 0.2) is 0 Å². The Hall–Kier alpha value is -3.01. The summed E-state index contributed by atoms with van der Waals surface area (Å²) >= 11 is 8.23. The number of methoxy groups -OCH3 is 1. The summed E-state index contributed by atoms with van der Waals surface area (Å²) in [6.07, 6.45) is 1.63. The van der Waals surface area contributed by atoms with Crippen LogP contribution in [0.2, 0.25) is 5.02 Å². The maximum atomic E-state index is 6.61. The second-order valence-corrected chi connectivity index (χ2v) is 8.88. The van der Waals surface area contributed by atoms with Gasteiger partial charge in [-0.05, 0) is 30.3 Å². The number of halogens is 1. The summed E-state index contributed by atoms with van der Waals surface area (Å²) in [6, 6.07) is 11.9. The number of fused-ring (bicyclic) bond motifs is 1. The van der Waals surface area contributed by atoms with E-state index in [1.807, 2.05) is 30.3 Å². The van der Waals surface area contributed by atoms with E-state index < -0.39 is 0 Å². The highest BCUT2D eigenvalue weighted by Gasteiger charge is 2.14. The number of hydrogen-bond donors (Lipinski definition) is 2. The molecule has 0 aliphatic carbocycles. The van der Waals surface area contributed by atoms with Crippen LogP contribution in [0.25, 0.3) is 21.5 Å². The molecule has 1 aliphatic heterocycles. The molecule has 0 atom stereocenters. The van der Waals surface area contributed by atoms with Crippen LogP contribution in [0.15, 0.2) is 42.6 Å². The molecule has 0 amide bonds. The molecule has 32 heavy (non-hydrogen) atoms. The lowest BCUT2D eigenvalue weighted by Gasteiger charge is -2.29. The number of ether oxygens (including phenoxy) is 1. The summed E-state index contributed by atoms with van der Waals surface area (Å²) in [5.41, 5.74) is 3.53. The van der Waals surface area contributed by atoms with Crippen LogP contribution in [-0.2, 0) is 6.54 Å². The van der Waals surface area contributed by atoms with E-state index in [2.05, 4.69) is 41.8 Å². The molecule has 1 saturated heterocycles. The van der Waals surface area contributed by atoms with Crippen LogP contribution < -0.4 is 20.3 Å². The Morgan fingerprint density at radius 1 is 1.16 bits per heavy atom. The highest BCUT2D eigenvalue weighted by molar-refractivity contribution is 7.18. The topological polar surface area (TPSA) is 88.1 Å². The smallest absolute Gasteiger partial charge is 0.243 e. The molecular formula is C22H22ClN7OS. The third kappa shape index (κ3) is 4.45. The van der Waals surface area contributed by atoms with Crippen LogP contribution in [0.1, 0.15) is 5.01 Å². The number of hydrogen-bond acceptors (Lipinski definition) is 9. The molecule has 2 N–H and O–H groups in total. The molecule has 0 radical (unpaired) electrons. The normalized spacial score (nSPS) is 14.0. The molecule has 1 aliphatic rings. The Morgan fingerprint density at radius 3 is 2.84 bits per heavy atom. The Kier molecular flexibility index (Phi) is 6.02. The maximum absolute atomic E-state index is 6.61. The van der Waals surface area contributed by atoms with Gasteiger partial charge in [0.2, 0.25) is 5.95 Å². The predicted molar refractivity (Wildman–Crippen MR) is 129 cm³/mol. The lowest BCUT2D eigenvalue weighted by molar-refractivity contribution is 0.415. The van der Waals surface area contributed by atoms with Crippen LogP contribution >= 0.6 is 22.9 Å². The number of benzene rings is 2. The zero-order valence-electron chi connectivity index (χ0n) is 17.5. The second-order valence-electron chi connectivity index (χ2n) is 7.36. The van der Waals surface area contributed by atoms with Gasteiger partial charge < -0.3 is 20.3 Å². The third-order valence-corrected chi connectivity index (χ3v) is 6.66. The van der Waals surface area contributed by atoms with Crippen LogP contribution in [0, 0.1) is 0 Å². The average molecular weight is 468 g/mol. The van der Waals surface area contributed by atoms with E-state index in [1.165, 1.54) is 0 Å². The molecule has 2 aromatic carbocycles. The standard InChI is InChI=1S/C22H22ClN7OS/c1-31-15-3-5-20-18(11-15)27-21(32-20)13-25-22-28-19(12-26-29-22)16-4-2-14(10-17(16)23)30-8-6-24-7-9-30/h2-5,10-12,24H,6-9,13H2,1H3,(H,25,28,29). The van der Waals surface area contributed by atoms with Crippen molar-refractivity contribution in [1.29, 1.82) is 0 Å². The first-order valence-electron chi connectivity index (χ1n) is 10.3. The van der Waals surface area contributed by atoms with E-state index in [1.54, 1.807) is 24.6 Å². The van der Waals surface area contributed by atoms with Gasteiger partial charge in [-0.1, -0.05) is 11.6 Å². The fourth-order valence-corrected chi connectivity index (χ4v) is 4.81. The first-order chi connectivity index (χ1) is 15.7. The van der Waals surface area contributed by atoms with Gasteiger partial charge in [0.1, 0.15) is 10.8 Å². The van der Waals surface area contributed by atoms with Crippen molar-refractivity contribution in [1.82, 2.24) is 25.5 Å². The molecule has 3 heterocycles. The first kappa shape index (κ1) is 20.9. The Labute approximate surface area is 194 Å². The minimum Gasteiger partial charge on any atom is -0.497 e. The number of thiazole rings is 1. The molecule has 8 nitrogen and oxygen atoms in total. The van der Waals surface area contributed by atoms with Crippen LogP contribution in [-0.4, -0.2) is 53.5 Å². The zero-order valence-corrected chi connectivity index (χ0v) is 19.1. The van der Waals surface area contributed by atoms with Gasteiger partial charge in [0.25, 0.3) is 0 Å². The SMILES string of the molecule is COc1ccc2sc(CNc3nncc(-c4ccc(N5CCNCC5)cc4Cl)n3)nc2c1. The molecule has 1 fully saturated rings. The van der Waals surface area contributed by atoms with E-state index in [4.69, 9.17) is 16.3 Å². The van der Waals surface area contributed by atoms with Crippen molar-refractivity contribution in [3.05, 3.63) is 52.6 Å². The van der Waals surface area contributed by atoms with Gasteiger partial charge in [-0.25, -0.2) is 9.97 Å². The molecule has 2 aromatic heterocycles. The number of piperazine rings is 1. The summed E-state index contributed by atoms with van der Waals surface area (Å²) in [4.78, 5) is 11.6. The van der Waals surface area contributed by atoms with Crippen LogP contribution in [0.5, 0.6) is 5.75 Å². The second kappa shape index (κ2) is 9.23. The number of rotatable bonds is 6. The van der Waals surface area contributed by atoms with Gasteiger partial charge in [0, 0.05) is 43.5 Å². The molecular weight excluding hydrogens is 446 g/mol. The van der Waals surface area contributed by atoms with Gasteiger partial charge in [-0.2, -0.15) is 5.10 Å². The minimum absolute atomic E-state index is 0.432. The van der Waals surface area contributed by atoms with E-state index in [-0.39, 0.29) is 0 Å². The van der Waals surface area contributed by atoms with Gasteiger partial charge in [-0.3, -0.25) is 0 Å². The third-order valence-electron chi connectivity index (χ3n) is 5.31. The van der Waals surface area contributed by atoms with Crippen molar-refractivity contribution in [2.75, 3.05) is 43.5 Å². The van der Waals surface area contributed by atoms with Crippen molar-refractivity contribution in [2.24, 2.45) is 0 Å². The van der Waals surface area contributed by atoms with Gasteiger partial charge in [0.05, 0.1) is 40.8 Å². The average Bonchev–Trinajstić information content (AvgIpc) is 3.25. The monoisotopic (exact) mass is 467 g/mol. The quantitative estimate of drug-likeness (QED) is 0.442. The lowest BCUT2D eigenvalue weighted by atomic mass is 10.1. The fraction of sp³-hybridized carbons (Fsp3) is 0.273. The fourth-order valence-electron chi connectivity index (χ4n) is 3.65. The Balaban J connectivity index is 1.31. The summed E-state index contributed by atoms with van der Waals surface area (Å²) in [5, 5.41) is 16.4. The Bertz CT molecular complexity index is 1240. The molecule has 0 unspecified atom stereocenters. The number of nitrogens with one attached hydrogen (secondary N) is 2. The number of aromatic nitrogens is 4. The molecule has 0 saturated carbocycles. The van der Waals surface area contributed by atoms with Crippen LogP contribution in [0.3, 0.4) is 0 Å². The van der Waals surface area contributed by atoms with Crippen molar-refractivity contribution < 1.29 is 4.74 Å². The van der Waals surface area contributed by atoms with Gasteiger partial charge in [-0.15, -0.1) is 16.4 Å². The van der Waals surface area contributed by atoms with Crippen molar-refractivity contribution >= 4 is 44.8 Å². The highest BCUT2D eigenvalue weighted by Crippen LogP contribution is 2.31. The maximum Gasteiger partial charge on any atom is 0.243 e. The molecule has 5 rings (SSSR count). The molecule has 164 valence electrons. The van der Waals surface area contributed by atoms with Crippen molar-refractivity contribution in [3.8, 4) is 17.0 Å². The Morgan fingerprint density at radius 2 is 2.03 bits per heavy atom. The summed E-state index contributed by atoms with van der Waals surface area (Å²) in [6.45, 7) is 4.40. The molecule has 10 heteroatoms. The zero-order chi connectivity index (χ0) is 21.9. The summed E-state index contributed by atoms with van der Waals surface area (Å²) in [7, 11) is 1.65. The largest absolute Gasteiger partial charge is 0.497 e. The van der Waals surface area contributed by atoms with E-state index in [0.717, 1.165) is 58.4 Å². The van der Waals surface area contributed by atoms with Crippen molar-refractivity contribution in [3.63, 3.8) is 0 Å². The predicted octanol–water partition coefficient (Wildman–Crippen LogP) is 3.83. The molecule has 4 aromatic rings. The van der Waals surface area contributed by atoms with E-state index in [0.29, 0.717) is 23.2 Å². The number of anilines is 2. The van der Waals surface area contributed by atoms with E-state index in [9.17, 15) is 0 Å². The van der Waals surface area contributed by atoms with Gasteiger partial charge >= 0.3 is 0 Å². The summed E-state index contributed by atoms with van der Waals surface area (Å²) in [5.74, 6) is 1.23. The molecule has 0 bridgehead atoms. The van der Waals surface area contributed by atoms with E-state index >= 15 is 0 Å². The highest BCUT2D eigenvalue weighted by atomic mass is 35.5. The molecule has 0 spiro atoms. The van der Waals surface area contributed by atoms with Crippen LogP contribution in [0.4, 0.5) is 11.6 Å². The first-order valence-corrected chi connectivity index (χ1v) is 11.5. The number of nitrogens with zero attached hydrogens (tertiary/aromatic N) is 5.